The fourth-order valence-corrected chi connectivity index (χ4v) is 7.75. The Morgan fingerprint density at radius 2 is 1.28 bits per heavy atom. The number of amidine groups is 1. The summed E-state index contributed by atoms with van der Waals surface area (Å²) in [5, 5.41) is 0. The Labute approximate surface area is 284 Å². The van der Waals surface area contributed by atoms with E-state index in [1.165, 1.54) is 43.1 Å². The SMILES string of the molecule is C=C/C=C(\C=C)C(=C)N=C(N=C(C)c1ccccc1)c1cccc2c1C(C)(C)c1c(-c3ccccc3)sc(-c3ccccc3)c1-2.CC. The van der Waals surface area contributed by atoms with Crippen LogP contribution in [0.5, 0.6) is 0 Å². The van der Waals surface area contributed by atoms with Crippen LogP contribution in [0, 0.1) is 0 Å². The fraction of sp³-hybridized carbons (Fsp3) is 0.136. The van der Waals surface area contributed by atoms with E-state index in [0.29, 0.717) is 11.5 Å². The first-order valence-corrected chi connectivity index (χ1v) is 16.9. The first-order valence-electron chi connectivity index (χ1n) is 16.1. The van der Waals surface area contributed by atoms with Crippen LogP contribution >= 0.6 is 11.3 Å². The highest BCUT2D eigenvalue weighted by atomic mass is 32.1. The molecule has 0 fully saturated rings. The molecule has 0 spiro atoms. The molecule has 0 atom stereocenters. The van der Waals surface area contributed by atoms with Crippen molar-refractivity contribution in [3.05, 3.63) is 181 Å². The Morgan fingerprint density at radius 1 is 0.702 bits per heavy atom. The van der Waals surface area contributed by atoms with E-state index >= 15 is 0 Å². The van der Waals surface area contributed by atoms with Gasteiger partial charge in [0.25, 0.3) is 0 Å². The van der Waals surface area contributed by atoms with Gasteiger partial charge in [-0.15, -0.1) is 11.3 Å². The number of benzene rings is 4. The van der Waals surface area contributed by atoms with E-state index in [1.54, 1.807) is 12.2 Å². The summed E-state index contributed by atoms with van der Waals surface area (Å²) in [4.78, 5) is 12.9. The molecule has 47 heavy (non-hydrogen) atoms. The van der Waals surface area contributed by atoms with Gasteiger partial charge in [-0.1, -0.05) is 175 Å². The van der Waals surface area contributed by atoms with Crippen LogP contribution in [0.3, 0.4) is 0 Å². The molecule has 0 saturated carbocycles. The van der Waals surface area contributed by atoms with Gasteiger partial charge in [-0.2, -0.15) is 0 Å². The minimum Gasteiger partial charge on any atom is -0.233 e. The predicted octanol–water partition coefficient (Wildman–Crippen LogP) is 12.5. The normalized spacial score (nSPS) is 13.6. The molecule has 0 radical (unpaired) electrons. The Bertz CT molecular complexity index is 2000. The summed E-state index contributed by atoms with van der Waals surface area (Å²) in [6.07, 6.45) is 5.36. The van der Waals surface area contributed by atoms with E-state index in [-0.39, 0.29) is 5.41 Å². The molecular formula is C44H42N2S. The maximum atomic E-state index is 5.21. The van der Waals surface area contributed by atoms with E-state index in [2.05, 4.69) is 125 Å². The molecule has 0 aliphatic heterocycles. The maximum absolute atomic E-state index is 5.21. The molecular weight excluding hydrogens is 589 g/mol. The highest BCUT2D eigenvalue weighted by Crippen LogP contribution is 2.60. The van der Waals surface area contributed by atoms with Crippen molar-refractivity contribution in [3.8, 4) is 32.0 Å². The standard InChI is InChI=1S/C42H36N2S.C2H6/c1-7-19-30(8-2)28(3)43-41(44-29(4)31-20-12-9-13-21-31)35-27-18-26-34-36-38(42(5,6)37(34)35)40(33-24-16-11-17-25-33)45-39(36)32-22-14-10-15-23-32;1-2/h7-27H,1-3H2,4-6H3;1-2H3/b30-19+,43-41?,44-29?;. The van der Waals surface area contributed by atoms with Crippen molar-refractivity contribution in [2.75, 3.05) is 0 Å². The molecule has 3 heteroatoms. The van der Waals surface area contributed by atoms with Gasteiger partial charge in [-0.3, -0.25) is 0 Å². The zero-order valence-electron chi connectivity index (χ0n) is 28.0. The number of allylic oxidation sites excluding steroid dienone is 3. The number of hydrogen-bond donors (Lipinski definition) is 0. The second-order valence-corrected chi connectivity index (χ2v) is 12.6. The van der Waals surface area contributed by atoms with Gasteiger partial charge in [0.15, 0.2) is 5.84 Å². The largest absolute Gasteiger partial charge is 0.233 e. The predicted molar refractivity (Wildman–Crippen MR) is 207 cm³/mol. The van der Waals surface area contributed by atoms with Gasteiger partial charge < -0.3 is 0 Å². The topological polar surface area (TPSA) is 24.7 Å². The van der Waals surface area contributed by atoms with E-state index in [9.17, 15) is 0 Å². The lowest BCUT2D eigenvalue weighted by Gasteiger charge is -2.25. The molecule has 234 valence electrons. The van der Waals surface area contributed by atoms with Crippen LogP contribution in [-0.4, -0.2) is 11.5 Å². The molecule has 1 aromatic heterocycles. The molecule has 6 rings (SSSR count). The zero-order valence-corrected chi connectivity index (χ0v) is 28.9. The summed E-state index contributed by atoms with van der Waals surface area (Å²) < 4.78 is 0. The number of fused-ring (bicyclic) bond motifs is 3. The number of nitrogens with zero attached hydrogens (tertiary/aromatic N) is 2. The van der Waals surface area contributed by atoms with Gasteiger partial charge in [0, 0.05) is 32.0 Å². The minimum absolute atomic E-state index is 0.327. The maximum Gasteiger partial charge on any atom is 0.160 e. The minimum atomic E-state index is -0.327. The third-order valence-electron chi connectivity index (χ3n) is 8.36. The van der Waals surface area contributed by atoms with Crippen LogP contribution in [0.1, 0.15) is 56.9 Å². The molecule has 2 nitrogen and oxygen atoms in total. The van der Waals surface area contributed by atoms with Crippen molar-refractivity contribution < 1.29 is 0 Å². The Kier molecular flexibility index (Phi) is 10.3. The molecule has 1 aliphatic carbocycles. The number of hydrogen-bond acceptors (Lipinski definition) is 2. The lowest BCUT2D eigenvalue weighted by molar-refractivity contribution is 0.662. The third-order valence-corrected chi connectivity index (χ3v) is 9.65. The van der Waals surface area contributed by atoms with E-state index in [0.717, 1.165) is 22.4 Å². The van der Waals surface area contributed by atoms with Crippen LogP contribution in [0.25, 0.3) is 32.0 Å². The summed E-state index contributed by atoms with van der Waals surface area (Å²) in [5.41, 5.74) is 11.5. The summed E-state index contributed by atoms with van der Waals surface area (Å²) in [5.74, 6) is 0.624. The molecule has 0 unspecified atom stereocenters. The zero-order chi connectivity index (χ0) is 33.6. The average Bonchev–Trinajstić information content (AvgIpc) is 3.63. The van der Waals surface area contributed by atoms with Crippen molar-refractivity contribution in [1.82, 2.24) is 0 Å². The van der Waals surface area contributed by atoms with Gasteiger partial charge in [0.05, 0.1) is 5.70 Å². The van der Waals surface area contributed by atoms with E-state index < -0.39 is 0 Å². The quantitative estimate of drug-likeness (QED) is 0.0926. The lowest BCUT2D eigenvalue weighted by Crippen LogP contribution is -2.20. The number of rotatable bonds is 8. The Balaban J connectivity index is 0.00000213. The molecule has 0 bridgehead atoms. The summed E-state index contributed by atoms with van der Waals surface area (Å²) in [7, 11) is 0. The molecule has 4 aromatic carbocycles. The van der Waals surface area contributed by atoms with Crippen LogP contribution in [-0.2, 0) is 5.41 Å². The molecule has 0 saturated heterocycles. The number of thiophene rings is 1. The smallest absolute Gasteiger partial charge is 0.160 e. The third kappa shape index (κ3) is 6.45. The van der Waals surface area contributed by atoms with Gasteiger partial charge >= 0.3 is 0 Å². The number of aliphatic imine (C=N–C) groups is 2. The lowest BCUT2D eigenvalue weighted by atomic mass is 9.79. The van der Waals surface area contributed by atoms with Gasteiger partial charge in [-0.25, -0.2) is 9.98 Å². The van der Waals surface area contributed by atoms with Gasteiger partial charge in [-0.05, 0) is 45.9 Å². The van der Waals surface area contributed by atoms with Crippen molar-refractivity contribution in [1.29, 1.82) is 0 Å². The van der Waals surface area contributed by atoms with Crippen LogP contribution in [0.2, 0.25) is 0 Å². The molecule has 1 aliphatic rings. The first kappa shape index (κ1) is 33.2. The average molecular weight is 631 g/mol. The fourth-order valence-electron chi connectivity index (χ4n) is 6.27. The van der Waals surface area contributed by atoms with Crippen LogP contribution < -0.4 is 0 Å². The monoisotopic (exact) mass is 630 g/mol. The summed E-state index contributed by atoms with van der Waals surface area (Å²) >= 11 is 1.88. The molecule has 1 heterocycles. The first-order chi connectivity index (χ1) is 22.8. The van der Waals surface area contributed by atoms with Gasteiger partial charge in [0.2, 0.25) is 0 Å². The molecule has 5 aromatic rings. The van der Waals surface area contributed by atoms with Gasteiger partial charge in [0.1, 0.15) is 0 Å². The second kappa shape index (κ2) is 14.5. The highest BCUT2D eigenvalue weighted by molar-refractivity contribution is 7.19. The van der Waals surface area contributed by atoms with E-state index in [1.807, 2.05) is 56.4 Å². The van der Waals surface area contributed by atoms with Crippen molar-refractivity contribution in [2.45, 2.75) is 40.0 Å². The Hall–Kier alpha value is -5.12. The van der Waals surface area contributed by atoms with Crippen molar-refractivity contribution in [2.24, 2.45) is 9.98 Å². The highest BCUT2D eigenvalue weighted by Gasteiger charge is 2.43. The Morgan fingerprint density at radius 3 is 1.85 bits per heavy atom. The van der Waals surface area contributed by atoms with Crippen molar-refractivity contribution >= 4 is 22.9 Å². The molecule has 0 N–H and O–H groups in total. The summed E-state index contributed by atoms with van der Waals surface area (Å²) in [6.45, 7) is 22.9. The van der Waals surface area contributed by atoms with E-state index in [4.69, 9.17) is 9.98 Å². The van der Waals surface area contributed by atoms with Crippen LogP contribution in [0.15, 0.2) is 168 Å². The van der Waals surface area contributed by atoms with Crippen LogP contribution in [0.4, 0.5) is 0 Å². The summed E-state index contributed by atoms with van der Waals surface area (Å²) in [6, 6.07) is 38.3. The van der Waals surface area contributed by atoms with Crippen molar-refractivity contribution in [3.63, 3.8) is 0 Å². The second-order valence-electron chi connectivity index (χ2n) is 11.6. The molecule has 0 amide bonds.